The van der Waals surface area contributed by atoms with Crippen molar-refractivity contribution in [1.29, 1.82) is 0 Å². The van der Waals surface area contributed by atoms with Gasteiger partial charge in [-0.2, -0.15) is 0 Å². The van der Waals surface area contributed by atoms with Crippen molar-refractivity contribution in [1.82, 2.24) is 4.90 Å². The van der Waals surface area contributed by atoms with E-state index in [0.29, 0.717) is 5.02 Å². The quantitative estimate of drug-likeness (QED) is 0.868. The van der Waals surface area contributed by atoms with Crippen molar-refractivity contribution in [3.05, 3.63) is 28.8 Å². The number of likely N-dealkylation sites (tertiary alicyclic amines) is 1. The Labute approximate surface area is 134 Å². The first-order chi connectivity index (χ1) is 10.4. The molecule has 0 saturated carbocycles. The highest BCUT2D eigenvalue weighted by molar-refractivity contribution is 6.31. The van der Waals surface area contributed by atoms with Gasteiger partial charge in [-0.1, -0.05) is 11.6 Å². The number of ether oxygens (including phenoxy) is 1. The molecule has 0 bridgehead atoms. The Morgan fingerprint density at radius 3 is 2.59 bits per heavy atom. The maximum absolute atomic E-state index is 12.3. The van der Waals surface area contributed by atoms with Gasteiger partial charge in [0.25, 0.3) is 5.91 Å². The molecule has 0 aromatic heterocycles. The smallest absolute Gasteiger partial charge is 0.342 e. The van der Waals surface area contributed by atoms with Crippen molar-refractivity contribution < 1.29 is 19.4 Å². The lowest BCUT2D eigenvalue weighted by molar-refractivity contribution is -0.140. The van der Waals surface area contributed by atoms with E-state index in [-0.39, 0.29) is 35.9 Å². The average molecular weight is 326 g/mol. The number of esters is 1. The van der Waals surface area contributed by atoms with Crippen molar-refractivity contribution in [2.45, 2.75) is 45.2 Å². The fraction of sp³-hybridized carbons (Fsp3) is 0.500. The number of amides is 1. The van der Waals surface area contributed by atoms with Crippen LogP contribution in [0.1, 0.15) is 43.5 Å². The van der Waals surface area contributed by atoms with Gasteiger partial charge in [0.15, 0.2) is 6.61 Å². The minimum Gasteiger partial charge on any atom is -0.507 e. The highest BCUT2D eigenvalue weighted by Gasteiger charge is 2.29. The Bertz CT molecular complexity index is 565. The Kier molecular flexibility index (Phi) is 5.29. The molecule has 1 aromatic carbocycles. The Morgan fingerprint density at radius 1 is 1.32 bits per heavy atom. The summed E-state index contributed by atoms with van der Waals surface area (Å²) in [6.45, 7) is 3.66. The zero-order chi connectivity index (χ0) is 16.3. The van der Waals surface area contributed by atoms with Gasteiger partial charge in [0, 0.05) is 17.1 Å². The summed E-state index contributed by atoms with van der Waals surface area (Å²) in [5.74, 6) is -1.19. The molecular formula is C16H20ClNO4. The fourth-order valence-corrected chi connectivity index (χ4v) is 3.04. The van der Waals surface area contributed by atoms with Crippen LogP contribution in [0.3, 0.4) is 0 Å². The van der Waals surface area contributed by atoms with E-state index >= 15 is 0 Å². The number of phenols is 1. The highest BCUT2D eigenvalue weighted by Crippen LogP contribution is 2.24. The highest BCUT2D eigenvalue weighted by atomic mass is 35.5. The van der Waals surface area contributed by atoms with Gasteiger partial charge in [-0.3, -0.25) is 4.79 Å². The largest absolute Gasteiger partial charge is 0.507 e. The molecule has 120 valence electrons. The minimum atomic E-state index is -0.759. The fourth-order valence-electron chi connectivity index (χ4n) is 2.86. The van der Waals surface area contributed by atoms with Crippen molar-refractivity contribution >= 4 is 23.5 Å². The van der Waals surface area contributed by atoms with Gasteiger partial charge >= 0.3 is 5.97 Å². The van der Waals surface area contributed by atoms with Crippen LogP contribution in [0.4, 0.5) is 0 Å². The Hall–Kier alpha value is -1.75. The molecule has 1 heterocycles. The van der Waals surface area contributed by atoms with Gasteiger partial charge in [0.2, 0.25) is 0 Å². The summed E-state index contributed by atoms with van der Waals surface area (Å²) in [7, 11) is 0. The molecule has 2 rings (SSSR count). The van der Waals surface area contributed by atoms with E-state index in [1.807, 2.05) is 13.8 Å². The van der Waals surface area contributed by atoms with Gasteiger partial charge < -0.3 is 14.7 Å². The first kappa shape index (κ1) is 16.6. The van der Waals surface area contributed by atoms with Crippen LogP contribution in [0.15, 0.2) is 18.2 Å². The lowest BCUT2D eigenvalue weighted by atomic mass is 9.97. The zero-order valence-electron chi connectivity index (χ0n) is 12.7. The van der Waals surface area contributed by atoms with Crippen LogP contribution >= 0.6 is 11.6 Å². The van der Waals surface area contributed by atoms with Gasteiger partial charge in [0.1, 0.15) is 11.3 Å². The Balaban J connectivity index is 1.98. The molecule has 1 aliphatic heterocycles. The van der Waals surface area contributed by atoms with Crippen LogP contribution in [-0.2, 0) is 9.53 Å². The minimum absolute atomic E-state index is 0.0416. The van der Waals surface area contributed by atoms with E-state index in [1.54, 1.807) is 4.90 Å². The summed E-state index contributed by atoms with van der Waals surface area (Å²) in [5.41, 5.74) is -0.0416. The number of aromatic hydroxyl groups is 1. The van der Waals surface area contributed by atoms with E-state index < -0.39 is 5.97 Å². The lowest BCUT2D eigenvalue weighted by Crippen LogP contribution is -2.49. The van der Waals surface area contributed by atoms with E-state index in [0.717, 1.165) is 19.3 Å². The number of hydrogen-bond donors (Lipinski definition) is 1. The van der Waals surface area contributed by atoms with Crippen LogP contribution < -0.4 is 0 Å². The second-order valence-electron chi connectivity index (χ2n) is 5.67. The number of carbonyl (C=O) groups excluding carboxylic acids is 2. The van der Waals surface area contributed by atoms with E-state index in [2.05, 4.69) is 0 Å². The number of nitrogens with zero attached hydrogens (tertiary/aromatic N) is 1. The van der Waals surface area contributed by atoms with Crippen LogP contribution in [-0.4, -0.2) is 40.6 Å². The lowest BCUT2D eigenvalue weighted by Gasteiger charge is -2.38. The SMILES string of the molecule is C[C@@H]1CCC[C@@H](C)N1C(=O)COC(=O)c1cc(Cl)ccc1O. The first-order valence-electron chi connectivity index (χ1n) is 7.37. The molecule has 1 N–H and O–H groups in total. The van der Waals surface area contributed by atoms with Crippen molar-refractivity contribution in [3.63, 3.8) is 0 Å². The Morgan fingerprint density at radius 2 is 1.95 bits per heavy atom. The van der Waals surface area contributed by atoms with Crippen molar-refractivity contribution in [2.24, 2.45) is 0 Å². The molecule has 0 aliphatic carbocycles. The number of phenolic OH excluding ortho intramolecular Hbond substituents is 1. The van der Waals surface area contributed by atoms with Crippen molar-refractivity contribution in [2.75, 3.05) is 6.61 Å². The molecule has 0 unspecified atom stereocenters. The predicted molar refractivity (Wildman–Crippen MR) is 83.0 cm³/mol. The third kappa shape index (κ3) is 3.71. The number of carbonyl (C=O) groups is 2. The summed E-state index contributed by atoms with van der Waals surface area (Å²) in [6.07, 6.45) is 3.01. The van der Waals surface area contributed by atoms with E-state index in [9.17, 15) is 14.7 Å². The van der Waals surface area contributed by atoms with Crippen molar-refractivity contribution in [3.8, 4) is 5.75 Å². The summed E-state index contributed by atoms with van der Waals surface area (Å²) < 4.78 is 5.03. The van der Waals surface area contributed by atoms with E-state index in [1.165, 1.54) is 18.2 Å². The molecule has 6 heteroatoms. The maximum Gasteiger partial charge on any atom is 0.342 e. The molecule has 1 aromatic rings. The second kappa shape index (κ2) is 7.01. The molecule has 22 heavy (non-hydrogen) atoms. The van der Waals surface area contributed by atoms with Gasteiger partial charge in [-0.15, -0.1) is 0 Å². The van der Waals surface area contributed by atoms with Crippen LogP contribution in [0.2, 0.25) is 5.02 Å². The molecule has 1 amide bonds. The molecular weight excluding hydrogens is 306 g/mol. The van der Waals surface area contributed by atoms with Gasteiger partial charge in [-0.25, -0.2) is 4.79 Å². The summed E-state index contributed by atoms with van der Waals surface area (Å²) in [5, 5.41) is 9.96. The van der Waals surface area contributed by atoms with E-state index in [4.69, 9.17) is 16.3 Å². The third-order valence-corrected chi connectivity index (χ3v) is 4.22. The monoisotopic (exact) mass is 325 g/mol. The average Bonchev–Trinajstić information content (AvgIpc) is 2.47. The summed E-state index contributed by atoms with van der Waals surface area (Å²) in [4.78, 5) is 26.0. The molecule has 2 atom stereocenters. The second-order valence-corrected chi connectivity index (χ2v) is 6.10. The number of piperidine rings is 1. The van der Waals surface area contributed by atoms with Crippen LogP contribution in [0, 0.1) is 0 Å². The summed E-state index contributed by atoms with van der Waals surface area (Å²) >= 11 is 5.79. The zero-order valence-corrected chi connectivity index (χ0v) is 13.5. The third-order valence-electron chi connectivity index (χ3n) is 3.99. The standard InChI is InChI=1S/C16H20ClNO4/c1-10-4-3-5-11(2)18(10)15(20)9-22-16(21)13-8-12(17)6-7-14(13)19/h6-8,10-11,19H,3-5,9H2,1-2H3/t10-,11-/m1/s1. The van der Waals surface area contributed by atoms with Gasteiger partial charge in [0.05, 0.1) is 0 Å². The normalized spacial score (nSPS) is 21.5. The first-order valence-corrected chi connectivity index (χ1v) is 7.74. The van der Waals surface area contributed by atoms with Crippen LogP contribution in [0.5, 0.6) is 5.75 Å². The molecule has 0 radical (unpaired) electrons. The topological polar surface area (TPSA) is 66.8 Å². The molecule has 1 aliphatic rings. The number of halogens is 1. The molecule has 1 fully saturated rings. The maximum atomic E-state index is 12.3. The number of benzene rings is 1. The summed E-state index contributed by atoms with van der Waals surface area (Å²) in [6, 6.07) is 4.39. The molecule has 1 saturated heterocycles. The molecule has 5 nitrogen and oxygen atoms in total. The number of hydrogen-bond acceptors (Lipinski definition) is 4. The molecule has 0 spiro atoms. The van der Waals surface area contributed by atoms with Gasteiger partial charge in [-0.05, 0) is 51.3 Å². The number of rotatable bonds is 3. The predicted octanol–water partition coefficient (Wildman–Crippen LogP) is 2.99. The van der Waals surface area contributed by atoms with Crippen LogP contribution in [0.25, 0.3) is 0 Å².